The molecule has 3 rings (SSSR count). The third-order valence-corrected chi connectivity index (χ3v) is 4.44. The lowest BCUT2D eigenvalue weighted by atomic mass is 10.1. The number of nitrogens with zero attached hydrogens (tertiary/aromatic N) is 4. The lowest BCUT2D eigenvalue weighted by Gasteiger charge is -2.13. The molecular formula is C21H24N6O2. The Morgan fingerprint density at radius 2 is 1.59 bits per heavy atom. The van der Waals surface area contributed by atoms with Crippen molar-refractivity contribution in [3.05, 3.63) is 58.7 Å². The van der Waals surface area contributed by atoms with E-state index in [-0.39, 0.29) is 24.9 Å². The molecule has 0 aliphatic rings. The standard InChI is InChI=1S/C21H24N6O2/c1-13-5-7-17(8-6-13)21-24-26-27(25-21)12-19(29)22-11-18(28)23-20-15(3)9-14(2)10-16(20)4/h5-10H,11-12H2,1-4H3,(H,22,29)(H,23,28). The Hall–Kier alpha value is -3.55. The number of anilines is 1. The van der Waals surface area contributed by atoms with Gasteiger partial charge in [0.1, 0.15) is 6.54 Å². The highest BCUT2D eigenvalue weighted by atomic mass is 16.2. The molecule has 150 valence electrons. The zero-order valence-corrected chi connectivity index (χ0v) is 17.0. The van der Waals surface area contributed by atoms with Crippen LogP contribution in [0.25, 0.3) is 11.4 Å². The van der Waals surface area contributed by atoms with Gasteiger partial charge in [0.15, 0.2) is 0 Å². The lowest BCUT2D eigenvalue weighted by Crippen LogP contribution is -2.35. The molecule has 2 N–H and O–H groups in total. The van der Waals surface area contributed by atoms with Crippen LogP contribution in [-0.4, -0.2) is 38.6 Å². The second kappa shape index (κ2) is 8.64. The fourth-order valence-corrected chi connectivity index (χ4v) is 3.05. The zero-order chi connectivity index (χ0) is 21.0. The summed E-state index contributed by atoms with van der Waals surface area (Å²) in [4.78, 5) is 25.5. The summed E-state index contributed by atoms with van der Waals surface area (Å²) < 4.78 is 0. The summed E-state index contributed by atoms with van der Waals surface area (Å²) in [5, 5.41) is 17.5. The van der Waals surface area contributed by atoms with Gasteiger partial charge in [-0.05, 0) is 44.0 Å². The largest absolute Gasteiger partial charge is 0.345 e. The Bertz CT molecular complexity index is 1020. The summed E-state index contributed by atoms with van der Waals surface area (Å²) in [5.41, 5.74) is 5.84. The van der Waals surface area contributed by atoms with Crippen LogP contribution in [-0.2, 0) is 16.1 Å². The van der Waals surface area contributed by atoms with Gasteiger partial charge in [0, 0.05) is 11.3 Å². The van der Waals surface area contributed by atoms with Gasteiger partial charge in [0.2, 0.25) is 17.6 Å². The van der Waals surface area contributed by atoms with Crippen LogP contribution in [0.15, 0.2) is 36.4 Å². The topological polar surface area (TPSA) is 102 Å². The fraction of sp³-hybridized carbons (Fsp3) is 0.286. The van der Waals surface area contributed by atoms with E-state index < -0.39 is 0 Å². The van der Waals surface area contributed by atoms with E-state index in [2.05, 4.69) is 26.0 Å². The van der Waals surface area contributed by atoms with Crippen LogP contribution in [0.3, 0.4) is 0 Å². The number of amides is 2. The molecule has 0 spiro atoms. The predicted molar refractivity (Wildman–Crippen MR) is 110 cm³/mol. The molecule has 0 aliphatic carbocycles. The van der Waals surface area contributed by atoms with Crippen LogP contribution in [0.4, 0.5) is 5.69 Å². The van der Waals surface area contributed by atoms with Crippen molar-refractivity contribution >= 4 is 17.5 Å². The smallest absolute Gasteiger partial charge is 0.244 e. The third-order valence-electron chi connectivity index (χ3n) is 4.44. The summed E-state index contributed by atoms with van der Waals surface area (Å²) in [6, 6.07) is 11.7. The maximum Gasteiger partial charge on any atom is 0.244 e. The number of hydrogen-bond acceptors (Lipinski definition) is 5. The molecule has 29 heavy (non-hydrogen) atoms. The van der Waals surface area contributed by atoms with E-state index in [4.69, 9.17) is 0 Å². The Morgan fingerprint density at radius 3 is 2.24 bits per heavy atom. The molecule has 8 nitrogen and oxygen atoms in total. The minimum absolute atomic E-state index is 0.116. The summed E-state index contributed by atoms with van der Waals surface area (Å²) in [5.74, 6) is -0.216. The summed E-state index contributed by atoms with van der Waals surface area (Å²) in [6.45, 7) is 7.64. The Kier molecular flexibility index (Phi) is 6.01. The minimum Gasteiger partial charge on any atom is -0.345 e. The van der Waals surface area contributed by atoms with E-state index in [0.29, 0.717) is 5.82 Å². The van der Waals surface area contributed by atoms with Crippen LogP contribution in [0, 0.1) is 27.7 Å². The van der Waals surface area contributed by atoms with Crippen molar-refractivity contribution in [2.45, 2.75) is 34.2 Å². The van der Waals surface area contributed by atoms with Gasteiger partial charge in [-0.3, -0.25) is 9.59 Å². The number of benzene rings is 2. The van der Waals surface area contributed by atoms with Gasteiger partial charge < -0.3 is 10.6 Å². The molecule has 0 atom stereocenters. The minimum atomic E-state index is -0.370. The van der Waals surface area contributed by atoms with E-state index in [0.717, 1.165) is 33.5 Å². The molecule has 0 unspecified atom stereocenters. The monoisotopic (exact) mass is 392 g/mol. The highest BCUT2D eigenvalue weighted by Crippen LogP contribution is 2.21. The van der Waals surface area contributed by atoms with Crippen molar-refractivity contribution in [1.82, 2.24) is 25.5 Å². The first kappa shape index (κ1) is 20.2. The molecule has 1 aromatic heterocycles. The molecule has 0 radical (unpaired) electrons. The highest BCUT2D eigenvalue weighted by molar-refractivity contribution is 5.95. The molecule has 3 aromatic rings. The summed E-state index contributed by atoms with van der Waals surface area (Å²) in [6.07, 6.45) is 0. The van der Waals surface area contributed by atoms with Gasteiger partial charge in [-0.2, -0.15) is 4.80 Å². The normalized spacial score (nSPS) is 10.6. The first-order chi connectivity index (χ1) is 13.8. The Morgan fingerprint density at radius 1 is 0.931 bits per heavy atom. The fourth-order valence-electron chi connectivity index (χ4n) is 3.05. The van der Waals surface area contributed by atoms with Crippen LogP contribution < -0.4 is 10.6 Å². The van der Waals surface area contributed by atoms with Crippen LogP contribution in [0.2, 0.25) is 0 Å². The number of nitrogens with one attached hydrogen (secondary N) is 2. The molecule has 0 bridgehead atoms. The predicted octanol–water partition coefficient (Wildman–Crippen LogP) is 2.33. The number of hydrogen-bond donors (Lipinski definition) is 2. The average Bonchev–Trinajstić information content (AvgIpc) is 3.12. The van der Waals surface area contributed by atoms with Crippen molar-refractivity contribution in [2.75, 3.05) is 11.9 Å². The first-order valence-corrected chi connectivity index (χ1v) is 9.31. The van der Waals surface area contributed by atoms with E-state index >= 15 is 0 Å². The van der Waals surface area contributed by atoms with Crippen LogP contribution >= 0.6 is 0 Å². The molecule has 2 aromatic carbocycles. The Labute approximate surface area is 169 Å². The lowest BCUT2D eigenvalue weighted by molar-refractivity contribution is -0.124. The van der Waals surface area contributed by atoms with Gasteiger partial charge in [0.05, 0.1) is 6.54 Å². The second-order valence-corrected chi connectivity index (χ2v) is 7.11. The first-order valence-electron chi connectivity index (χ1n) is 9.31. The van der Waals surface area contributed by atoms with Crippen molar-refractivity contribution < 1.29 is 9.59 Å². The van der Waals surface area contributed by atoms with E-state index in [1.54, 1.807) is 0 Å². The van der Waals surface area contributed by atoms with Gasteiger partial charge >= 0.3 is 0 Å². The number of carbonyl (C=O) groups is 2. The third kappa shape index (κ3) is 5.25. The molecule has 0 aliphatic heterocycles. The second-order valence-electron chi connectivity index (χ2n) is 7.11. The molecular weight excluding hydrogens is 368 g/mol. The molecule has 0 saturated heterocycles. The highest BCUT2D eigenvalue weighted by Gasteiger charge is 2.12. The molecule has 8 heteroatoms. The van der Waals surface area contributed by atoms with E-state index in [1.165, 1.54) is 4.80 Å². The van der Waals surface area contributed by atoms with Gasteiger partial charge in [-0.25, -0.2) is 0 Å². The quantitative estimate of drug-likeness (QED) is 0.670. The molecule has 0 saturated carbocycles. The number of carbonyl (C=O) groups excluding carboxylic acids is 2. The zero-order valence-electron chi connectivity index (χ0n) is 17.0. The van der Waals surface area contributed by atoms with Crippen molar-refractivity contribution in [1.29, 1.82) is 0 Å². The summed E-state index contributed by atoms with van der Waals surface area (Å²) >= 11 is 0. The van der Waals surface area contributed by atoms with E-state index in [1.807, 2.05) is 64.1 Å². The molecule has 0 fully saturated rings. The number of tetrazole rings is 1. The molecule has 1 heterocycles. The molecule has 2 amide bonds. The van der Waals surface area contributed by atoms with Gasteiger partial charge in [0.25, 0.3) is 0 Å². The van der Waals surface area contributed by atoms with E-state index in [9.17, 15) is 9.59 Å². The average molecular weight is 392 g/mol. The maximum absolute atomic E-state index is 12.2. The SMILES string of the molecule is Cc1ccc(-c2nnn(CC(=O)NCC(=O)Nc3c(C)cc(C)cc3C)n2)cc1. The van der Waals surface area contributed by atoms with Crippen molar-refractivity contribution in [3.63, 3.8) is 0 Å². The van der Waals surface area contributed by atoms with Gasteiger partial charge in [-0.15, -0.1) is 10.2 Å². The number of rotatable bonds is 6. The number of aromatic nitrogens is 4. The van der Waals surface area contributed by atoms with Crippen LogP contribution in [0.1, 0.15) is 22.3 Å². The van der Waals surface area contributed by atoms with Crippen molar-refractivity contribution in [2.24, 2.45) is 0 Å². The Balaban J connectivity index is 1.52. The van der Waals surface area contributed by atoms with Crippen LogP contribution in [0.5, 0.6) is 0 Å². The summed E-state index contributed by atoms with van der Waals surface area (Å²) in [7, 11) is 0. The van der Waals surface area contributed by atoms with Gasteiger partial charge in [-0.1, -0.05) is 47.5 Å². The number of aryl methyl sites for hydroxylation is 4. The van der Waals surface area contributed by atoms with Crippen molar-refractivity contribution in [3.8, 4) is 11.4 Å². The maximum atomic E-state index is 12.2.